The second kappa shape index (κ2) is 6.28. The Bertz CT molecular complexity index is 517. The maximum atomic E-state index is 14.4. The number of halogens is 1. The molecule has 6 heteroatoms. The molecule has 1 saturated heterocycles. The van der Waals surface area contributed by atoms with Crippen LogP contribution in [0, 0.1) is 5.82 Å². The molecule has 0 N–H and O–H groups in total. The van der Waals surface area contributed by atoms with Crippen molar-refractivity contribution in [2.45, 2.75) is 51.9 Å². The molecule has 22 heavy (non-hydrogen) atoms. The van der Waals surface area contributed by atoms with E-state index in [-0.39, 0.29) is 18.7 Å². The van der Waals surface area contributed by atoms with Gasteiger partial charge in [0, 0.05) is 12.6 Å². The lowest BCUT2D eigenvalue weighted by Gasteiger charge is -2.32. The maximum absolute atomic E-state index is 14.4. The molecule has 1 aromatic carbocycles. The summed E-state index contributed by atoms with van der Waals surface area (Å²) in [6.07, 6.45) is -0.329. The van der Waals surface area contributed by atoms with E-state index in [4.69, 9.17) is 18.8 Å². The van der Waals surface area contributed by atoms with Gasteiger partial charge in [-0.3, -0.25) is 0 Å². The van der Waals surface area contributed by atoms with E-state index >= 15 is 0 Å². The van der Waals surface area contributed by atoms with Crippen LogP contribution >= 0.6 is 0 Å². The quantitative estimate of drug-likeness (QED) is 0.619. The van der Waals surface area contributed by atoms with Gasteiger partial charge in [0.15, 0.2) is 0 Å². The molecule has 0 radical (unpaired) electrons. The smallest absolute Gasteiger partial charge is 0.399 e. The molecule has 1 atom stereocenters. The third kappa shape index (κ3) is 3.20. The Kier molecular flexibility index (Phi) is 4.97. The van der Waals surface area contributed by atoms with E-state index in [1.54, 1.807) is 13.2 Å². The molecule has 122 valence electrons. The second-order valence-corrected chi connectivity index (χ2v) is 6.55. The third-order valence-corrected chi connectivity index (χ3v) is 4.45. The first-order valence-corrected chi connectivity index (χ1v) is 7.44. The summed E-state index contributed by atoms with van der Waals surface area (Å²) in [5, 5.41) is 0. The Balaban J connectivity index is 2.35. The van der Waals surface area contributed by atoms with E-state index < -0.39 is 18.3 Å². The fourth-order valence-corrected chi connectivity index (χ4v) is 2.38. The summed E-state index contributed by atoms with van der Waals surface area (Å²) >= 11 is 0. The first-order valence-electron chi connectivity index (χ1n) is 7.44. The lowest BCUT2D eigenvalue weighted by molar-refractivity contribution is -0.0664. The molecule has 0 amide bonds. The normalized spacial score (nSPS) is 21.1. The van der Waals surface area contributed by atoms with E-state index in [2.05, 4.69) is 0 Å². The van der Waals surface area contributed by atoms with Gasteiger partial charge in [-0.15, -0.1) is 0 Å². The minimum absolute atomic E-state index is 0.139. The zero-order chi connectivity index (χ0) is 16.5. The van der Waals surface area contributed by atoms with Crippen LogP contribution in [0.5, 0.6) is 0 Å². The van der Waals surface area contributed by atoms with Crippen molar-refractivity contribution in [1.82, 2.24) is 0 Å². The summed E-state index contributed by atoms with van der Waals surface area (Å²) in [5.74, 6) is -0.358. The van der Waals surface area contributed by atoms with Gasteiger partial charge in [-0.25, -0.2) is 4.39 Å². The standard InChI is InChI=1S/C16H24BFO4/c1-11(20-10-19-6)12-8-7-9-13(18)14(12)17-21-15(2,3)16(4,5)22-17/h7-9,11H,10H2,1-6H3. The molecule has 1 unspecified atom stereocenters. The Morgan fingerprint density at radius 1 is 1.18 bits per heavy atom. The van der Waals surface area contributed by atoms with Crippen LogP contribution in [0.25, 0.3) is 0 Å². The molecule has 0 aliphatic carbocycles. The number of rotatable bonds is 5. The highest BCUT2D eigenvalue weighted by Crippen LogP contribution is 2.37. The van der Waals surface area contributed by atoms with E-state index in [1.165, 1.54) is 6.07 Å². The molecule has 1 aromatic rings. The monoisotopic (exact) mass is 310 g/mol. The van der Waals surface area contributed by atoms with Gasteiger partial charge in [0.1, 0.15) is 12.6 Å². The minimum Gasteiger partial charge on any atom is -0.399 e. The highest BCUT2D eigenvalue weighted by molar-refractivity contribution is 6.62. The number of methoxy groups -OCH3 is 1. The summed E-state index contributed by atoms with van der Waals surface area (Å²) < 4.78 is 36.8. The molecule has 0 aromatic heterocycles. The number of hydrogen-bond acceptors (Lipinski definition) is 4. The first-order chi connectivity index (χ1) is 10.2. The molecule has 1 heterocycles. The summed E-state index contributed by atoms with van der Waals surface area (Å²) in [6.45, 7) is 9.76. The van der Waals surface area contributed by atoms with Crippen LogP contribution in [0.15, 0.2) is 18.2 Å². The second-order valence-electron chi connectivity index (χ2n) is 6.55. The molecule has 0 spiro atoms. The van der Waals surface area contributed by atoms with E-state index in [0.717, 1.165) is 0 Å². The van der Waals surface area contributed by atoms with Crippen LogP contribution in [-0.2, 0) is 18.8 Å². The topological polar surface area (TPSA) is 36.9 Å². The van der Waals surface area contributed by atoms with Gasteiger partial charge in [-0.2, -0.15) is 0 Å². The molecule has 1 aliphatic heterocycles. The van der Waals surface area contributed by atoms with Crippen LogP contribution < -0.4 is 5.46 Å². The lowest BCUT2D eigenvalue weighted by atomic mass is 9.74. The van der Waals surface area contributed by atoms with Gasteiger partial charge in [0.25, 0.3) is 0 Å². The highest BCUT2D eigenvalue weighted by atomic mass is 19.1. The highest BCUT2D eigenvalue weighted by Gasteiger charge is 2.53. The average molecular weight is 310 g/mol. The lowest BCUT2D eigenvalue weighted by Crippen LogP contribution is -2.41. The molecule has 1 aliphatic rings. The average Bonchev–Trinajstić information content (AvgIpc) is 2.64. The molecule has 1 fully saturated rings. The Morgan fingerprint density at radius 3 is 2.32 bits per heavy atom. The Morgan fingerprint density at radius 2 is 1.77 bits per heavy atom. The van der Waals surface area contributed by atoms with Crippen molar-refractivity contribution >= 4 is 12.6 Å². The van der Waals surface area contributed by atoms with Crippen molar-refractivity contribution in [1.29, 1.82) is 0 Å². The SMILES string of the molecule is COCOC(C)c1cccc(F)c1B1OC(C)(C)C(C)(C)O1. The van der Waals surface area contributed by atoms with Gasteiger partial charge in [-0.05, 0) is 46.2 Å². The molecule has 0 bridgehead atoms. The van der Waals surface area contributed by atoms with Crippen LogP contribution in [0.2, 0.25) is 0 Å². The van der Waals surface area contributed by atoms with Crippen LogP contribution in [0.4, 0.5) is 4.39 Å². The zero-order valence-corrected chi connectivity index (χ0v) is 14.1. The first kappa shape index (κ1) is 17.4. The van der Waals surface area contributed by atoms with E-state index in [0.29, 0.717) is 11.0 Å². The summed E-state index contributed by atoms with van der Waals surface area (Å²) in [5.41, 5.74) is 0.0575. The fraction of sp³-hybridized carbons (Fsp3) is 0.625. The Hall–Kier alpha value is -0.945. The van der Waals surface area contributed by atoms with Crippen LogP contribution in [0.3, 0.4) is 0 Å². The van der Waals surface area contributed by atoms with Gasteiger partial charge < -0.3 is 18.8 Å². The molecular weight excluding hydrogens is 286 g/mol. The summed E-state index contributed by atoms with van der Waals surface area (Å²) in [6, 6.07) is 4.89. The van der Waals surface area contributed by atoms with Crippen LogP contribution in [0.1, 0.15) is 46.3 Å². The van der Waals surface area contributed by atoms with Crippen molar-refractivity contribution in [2.24, 2.45) is 0 Å². The van der Waals surface area contributed by atoms with Crippen molar-refractivity contribution in [2.75, 3.05) is 13.9 Å². The largest absolute Gasteiger partial charge is 0.498 e. The summed E-state index contributed by atoms with van der Waals surface area (Å²) in [7, 11) is 0.794. The predicted octanol–water partition coefficient (Wildman–Crippen LogP) is 2.81. The van der Waals surface area contributed by atoms with E-state index in [1.807, 2.05) is 40.7 Å². The van der Waals surface area contributed by atoms with Gasteiger partial charge in [0.2, 0.25) is 0 Å². The molecule has 4 nitrogen and oxygen atoms in total. The van der Waals surface area contributed by atoms with E-state index in [9.17, 15) is 4.39 Å². The third-order valence-electron chi connectivity index (χ3n) is 4.45. The fourth-order valence-electron chi connectivity index (χ4n) is 2.38. The summed E-state index contributed by atoms with van der Waals surface area (Å²) in [4.78, 5) is 0. The van der Waals surface area contributed by atoms with Crippen molar-refractivity contribution < 1.29 is 23.2 Å². The van der Waals surface area contributed by atoms with Crippen molar-refractivity contribution in [3.63, 3.8) is 0 Å². The van der Waals surface area contributed by atoms with Crippen molar-refractivity contribution in [3.05, 3.63) is 29.6 Å². The maximum Gasteiger partial charge on any atom is 0.498 e. The Labute approximate surface area is 132 Å². The van der Waals surface area contributed by atoms with Gasteiger partial charge >= 0.3 is 7.12 Å². The van der Waals surface area contributed by atoms with Crippen molar-refractivity contribution in [3.8, 4) is 0 Å². The van der Waals surface area contributed by atoms with Gasteiger partial charge in [-0.1, -0.05) is 12.1 Å². The number of hydrogen-bond donors (Lipinski definition) is 0. The van der Waals surface area contributed by atoms with Gasteiger partial charge in [0.05, 0.1) is 17.3 Å². The molecular formula is C16H24BFO4. The predicted molar refractivity (Wildman–Crippen MR) is 83.5 cm³/mol. The molecule has 0 saturated carbocycles. The number of benzene rings is 1. The molecule has 2 rings (SSSR count). The zero-order valence-electron chi connectivity index (χ0n) is 14.1. The minimum atomic E-state index is -0.755. The number of ether oxygens (including phenoxy) is 2. The van der Waals surface area contributed by atoms with Crippen LogP contribution in [-0.4, -0.2) is 32.2 Å².